The molecule has 1 heterocycles. The minimum atomic E-state index is -5.07. The summed E-state index contributed by atoms with van der Waals surface area (Å²) in [5.41, 5.74) is 0. The van der Waals surface area contributed by atoms with Gasteiger partial charge in [-0.3, -0.25) is 0 Å². The van der Waals surface area contributed by atoms with Crippen molar-refractivity contribution in [3.63, 3.8) is 0 Å². The largest absolute Gasteiger partial charge is 0.476 e. The molecule has 0 bridgehead atoms. The summed E-state index contributed by atoms with van der Waals surface area (Å²) < 4.78 is 66.1. The lowest BCUT2D eigenvalue weighted by Crippen LogP contribution is -2.18. The fraction of sp³-hybridized carbons (Fsp3) is 0.500. The Balaban J connectivity index is 3.30. The summed E-state index contributed by atoms with van der Waals surface area (Å²) in [4.78, 5) is -1.87. The summed E-state index contributed by atoms with van der Waals surface area (Å²) in [6.45, 7) is 1.43. The van der Waals surface area contributed by atoms with Crippen molar-refractivity contribution in [1.29, 1.82) is 0 Å². The molecule has 9 heteroatoms. The van der Waals surface area contributed by atoms with Crippen LogP contribution in [0.4, 0.5) is 13.2 Å². The van der Waals surface area contributed by atoms with Gasteiger partial charge >= 0.3 is 6.18 Å². The Morgan fingerprint density at radius 1 is 1.47 bits per heavy atom. The SMILES string of the molecule is CCOC1=NS(=O)(=O)C(C(F)(F)F)=C1Cl. The minimum absolute atomic E-state index is 0.0320. The highest BCUT2D eigenvalue weighted by molar-refractivity contribution is 7.94. The molecule has 0 aliphatic carbocycles. The molecule has 0 radical (unpaired) electrons. The predicted molar refractivity (Wildman–Crippen MR) is 46.9 cm³/mol. The monoisotopic (exact) mass is 263 g/mol. The molecule has 1 rings (SSSR count). The first kappa shape index (κ1) is 12.3. The van der Waals surface area contributed by atoms with Gasteiger partial charge in [0.25, 0.3) is 10.0 Å². The van der Waals surface area contributed by atoms with Crippen LogP contribution in [0, 0.1) is 0 Å². The van der Waals surface area contributed by atoms with E-state index in [0.29, 0.717) is 0 Å². The van der Waals surface area contributed by atoms with E-state index in [0.717, 1.165) is 0 Å². The van der Waals surface area contributed by atoms with Crippen LogP contribution in [0.2, 0.25) is 0 Å². The number of halogens is 4. The molecule has 0 unspecified atom stereocenters. The van der Waals surface area contributed by atoms with E-state index in [4.69, 9.17) is 11.6 Å². The Hall–Kier alpha value is -0.760. The second-order valence-corrected chi connectivity index (χ2v) is 4.36. The van der Waals surface area contributed by atoms with E-state index in [1.54, 1.807) is 0 Å². The maximum atomic E-state index is 12.3. The lowest BCUT2D eigenvalue weighted by atomic mass is 10.4. The average molecular weight is 264 g/mol. The summed E-state index contributed by atoms with van der Waals surface area (Å²) in [5.74, 6) is -0.716. The molecule has 0 spiro atoms. The number of hydrogen-bond acceptors (Lipinski definition) is 3. The Morgan fingerprint density at radius 2 is 2.00 bits per heavy atom. The third-order valence-electron chi connectivity index (χ3n) is 1.39. The molecule has 0 amide bonds. The zero-order valence-corrected chi connectivity index (χ0v) is 8.87. The van der Waals surface area contributed by atoms with Crippen molar-refractivity contribution in [2.24, 2.45) is 4.40 Å². The standard InChI is InChI=1S/C6H5ClF3NO3S/c1-2-14-5-3(7)4(6(8,9)10)15(12,13)11-5/h2H2,1H3. The van der Waals surface area contributed by atoms with Crippen LogP contribution in [0.1, 0.15) is 6.92 Å². The number of hydrogen-bond donors (Lipinski definition) is 0. The summed E-state index contributed by atoms with van der Waals surface area (Å²) in [7, 11) is -4.78. The zero-order chi connectivity index (χ0) is 11.9. The molecule has 15 heavy (non-hydrogen) atoms. The second kappa shape index (κ2) is 3.67. The average Bonchev–Trinajstić information content (AvgIpc) is 2.20. The molecule has 0 aromatic carbocycles. The van der Waals surface area contributed by atoms with Gasteiger partial charge in [-0.25, -0.2) is 0 Å². The fourth-order valence-electron chi connectivity index (χ4n) is 0.902. The van der Waals surface area contributed by atoms with Crippen LogP contribution in [0.15, 0.2) is 14.3 Å². The van der Waals surface area contributed by atoms with Crippen molar-refractivity contribution < 1.29 is 26.3 Å². The van der Waals surface area contributed by atoms with Crippen LogP contribution in [0.5, 0.6) is 0 Å². The Morgan fingerprint density at radius 3 is 2.33 bits per heavy atom. The highest BCUT2D eigenvalue weighted by Crippen LogP contribution is 2.39. The van der Waals surface area contributed by atoms with E-state index in [1.807, 2.05) is 0 Å². The molecule has 1 aliphatic rings. The summed E-state index contributed by atoms with van der Waals surface area (Å²) >= 11 is 5.22. The number of rotatable bonds is 1. The van der Waals surface area contributed by atoms with Crippen LogP contribution in [-0.4, -0.2) is 27.1 Å². The Labute approximate surface area is 88.4 Å². The molecule has 0 saturated heterocycles. The van der Waals surface area contributed by atoms with Gasteiger partial charge in [0.05, 0.1) is 6.61 Å². The maximum Gasteiger partial charge on any atom is 0.430 e. The Bertz CT molecular complexity index is 437. The maximum absolute atomic E-state index is 12.3. The van der Waals surface area contributed by atoms with Gasteiger partial charge in [0.15, 0.2) is 4.91 Å². The van der Waals surface area contributed by atoms with Crippen molar-refractivity contribution in [2.75, 3.05) is 6.61 Å². The molecule has 0 aromatic rings. The molecule has 1 aliphatic heterocycles. The van der Waals surface area contributed by atoms with Crippen molar-refractivity contribution in [3.8, 4) is 0 Å². The van der Waals surface area contributed by atoms with E-state index in [1.165, 1.54) is 6.92 Å². The number of nitrogens with zero attached hydrogens (tertiary/aromatic N) is 1. The van der Waals surface area contributed by atoms with Crippen LogP contribution >= 0.6 is 11.6 Å². The summed E-state index contributed by atoms with van der Waals surface area (Å²) in [6.07, 6.45) is -5.07. The highest BCUT2D eigenvalue weighted by atomic mass is 35.5. The first-order chi connectivity index (χ1) is 6.70. The van der Waals surface area contributed by atoms with E-state index in [9.17, 15) is 21.6 Å². The lowest BCUT2D eigenvalue weighted by molar-refractivity contribution is -0.0845. The third kappa shape index (κ3) is 2.25. The predicted octanol–water partition coefficient (Wildman–Crippen LogP) is 1.78. The van der Waals surface area contributed by atoms with Gasteiger partial charge in [0, 0.05) is 0 Å². The lowest BCUT2D eigenvalue weighted by Gasteiger charge is -2.05. The van der Waals surface area contributed by atoms with E-state index < -0.39 is 32.0 Å². The molecule has 0 aromatic heterocycles. The second-order valence-electron chi connectivity index (χ2n) is 2.45. The van der Waals surface area contributed by atoms with Crippen molar-refractivity contribution in [3.05, 3.63) is 9.94 Å². The van der Waals surface area contributed by atoms with Gasteiger partial charge in [-0.1, -0.05) is 11.6 Å². The zero-order valence-electron chi connectivity index (χ0n) is 7.30. The number of allylic oxidation sites excluding steroid dienone is 1. The molecule has 86 valence electrons. The topological polar surface area (TPSA) is 55.7 Å². The van der Waals surface area contributed by atoms with Crippen molar-refractivity contribution >= 4 is 27.5 Å². The van der Waals surface area contributed by atoms with E-state index in [-0.39, 0.29) is 6.61 Å². The molecule has 0 atom stereocenters. The van der Waals surface area contributed by atoms with Gasteiger partial charge in [0.1, 0.15) is 5.03 Å². The smallest absolute Gasteiger partial charge is 0.430 e. The van der Waals surface area contributed by atoms with Gasteiger partial charge in [-0.05, 0) is 6.92 Å². The van der Waals surface area contributed by atoms with Gasteiger partial charge in [-0.2, -0.15) is 21.6 Å². The molecule has 0 N–H and O–H groups in total. The van der Waals surface area contributed by atoms with E-state index in [2.05, 4.69) is 9.13 Å². The number of sulfonamides is 1. The molecular formula is C6H5ClF3NO3S. The van der Waals surface area contributed by atoms with Crippen molar-refractivity contribution in [2.45, 2.75) is 13.1 Å². The minimum Gasteiger partial charge on any atom is -0.476 e. The van der Waals surface area contributed by atoms with Crippen LogP contribution in [0.25, 0.3) is 0 Å². The first-order valence-electron chi connectivity index (χ1n) is 3.65. The van der Waals surface area contributed by atoms with Crippen molar-refractivity contribution in [1.82, 2.24) is 0 Å². The number of alkyl halides is 3. The highest BCUT2D eigenvalue weighted by Gasteiger charge is 2.50. The molecule has 0 saturated carbocycles. The fourth-order valence-corrected chi connectivity index (χ4v) is 2.51. The van der Waals surface area contributed by atoms with Gasteiger partial charge in [0.2, 0.25) is 5.90 Å². The quantitative estimate of drug-likeness (QED) is 0.725. The molecule has 0 fully saturated rings. The third-order valence-corrected chi connectivity index (χ3v) is 3.21. The molecule has 4 nitrogen and oxygen atoms in total. The summed E-state index contributed by atoms with van der Waals surface area (Å²) in [6, 6.07) is 0. The normalized spacial score (nSPS) is 20.5. The van der Waals surface area contributed by atoms with E-state index >= 15 is 0 Å². The van der Waals surface area contributed by atoms with Gasteiger partial charge in [-0.15, -0.1) is 4.40 Å². The van der Waals surface area contributed by atoms with Gasteiger partial charge < -0.3 is 4.74 Å². The Kier molecular flexibility index (Phi) is 3.01. The number of ether oxygens (including phenoxy) is 1. The van der Waals surface area contributed by atoms with Crippen LogP contribution < -0.4 is 0 Å². The van der Waals surface area contributed by atoms with Crippen LogP contribution in [-0.2, 0) is 14.8 Å². The first-order valence-corrected chi connectivity index (χ1v) is 5.47. The van der Waals surface area contributed by atoms with Crippen LogP contribution in [0.3, 0.4) is 0 Å². The summed E-state index contributed by atoms with van der Waals surface area (Å²) in [5, 5.41) is -1.02. The molecular weight excluding hydrogens is 259 g/mol.